The highest BCUT2D eigenvalue weighted by Crippen LogP contribution is 2.35. The molecule has 0 aromatic heterocycles. The summed E-state index contributed by atoms with van der Waals surface area (Å²) in [7, 11) is 0. The van der Waals surface area contributed by atoms with Crippen LogP contribution in [0.15, 0.2) is 24.3 Å². The number of hydrogen-bond acceptors (Lipinski definition) is 3. The molecule has 0 spiro atoms. The van der Waals surface area contributed by atoms with Gasteiger partial charge in [-0.2, -0.15) is 13.2 Å². The third kappa shape index (κ3) is 7.44. The average molecular weight is 469 g/mol. The molecule has 2 unspecified atom stereocenters. The maximum Gasteiger partial charge on any atom is 0.416 e. The van der Waals surface area contributed by atoms with Gasteiger partial charge in [-0.25, -0.2) is 0 Å². The number of nitrogens with one attached hydrogen (secondary N) is 1. The van der Waals surface area contributed by atoms with E-state index < -0.39 is 11.7 Å². The number of likely N-dealkylation sites (tertiary alicyclic amines) is 1. The molecule has 186 valence electrons. The van der Waals surface area contributed by atoms with Crippen molar-refractivity contribution in [3.63, 3.8) is 0 Å². The van der Waals surface area contributed by atoms with Crippen LogP contribution in [0.3, 0.4) is 0 Å². The van der Waals surface area contributed by atoms with E-state index in [2.05, 4.69) is 19.2 Å². The first-order valence-electron chi connectivity index (χ1n) is 12.6. The molecule has 2 atom stereocenters. The van der Waals surface area contributed by atoms with Gasteiger partial charge in [0.05, 0.1) is 5.56 Å². The molecule has 1 N–H and O–H groups in total. The summed E-state index contributed by atoms with van der Waals surface area (Å²) >= 11 is 0. The predicted octanol–water partition coefficient (Wildman–Crippen LogP) is 5.77. The zero-order valence-electron chi connectivity index (χ0n) is 20.0. The predicted molar refractivity (Wildman–Crippen MR) is 124 cm³/mol. The van der Waals surface area contributed by atoms with Crippen molar-refractivity contribution in [2.75, 3.05) is 26.3 Å². The number of rotatable bonds is 4. The fourth-order valence-corrected chi connectivity index (χ4v) is 5.22. The molecule has 3 fully saturated rings. The van der Waals surface area contributed by atoms with Gasteiger partial charge < -0.3 is 15.0 Å². The number of hydrogen-bond donors (Lipinski definition) is 1. The molecule has 2 saturated heterocycles. The van der Waals surface area contributed by atoms with Crippen LogP contribution in [0.25, 0.3) is 0 Å². The molecule has 4 nitrogen and oxygen atoms in total. The van der Waals surface area contributed by atoms with Gasteiger partial charge in [0, 0.05) is 44.3 Å². The minimum Gasteiger partial charge on any atom is -0.381 e. The number of benzene rings is 1. The molecule has 1 aliphatic carbocycles. The standard InChI is InChI=1S/C23H31F3N2O2.C3H8/c24-23(25,26)19-3-1-2-17(14-19)16-6-10-28(11-7-16)22(29)18-4-5-21(15-18)27-20-8-12-30-13-9-20;1-3-2/h1-3,14,16,18,20-21,27H,4-13,15H2;3H2,1-2H3. The van der Waals surface area contributed by atoms with E-state index in [4.69, 9.17) is 4.74 Å². The molecule has 2 heterocycles. The second kappa shape index (κ2) is 12.2. The zero-order chi connectivity index (χ0) is 23.8. The van der Waals surface area contributed by atoms with E-state index in [0.29, 0.717) is 25.2 Å². The molecule has 0 radical (unpaired) electrons. The first kappa shape index (κ1) is 26.0. The van der Waals surface area contributed by atoms with Crippen LogP contribution >= 0.6 is 0 Å². The third-order valence-electron chi connectivity index (χ3n) is 6.97. The second-order valence-electron chi connectivity index (χ2n) is 9.69. The van der Waals surface area contributed by atoms with Gasteiger partial charge in [-0.1, -0.05) is 38.5 Å². The lowest BCUT2D eigenvalue weighted by molar-refractivity contribution is -0.137. The Bertz CT molecular complexity index is 741. The monoisotopic (exact) mass is 468 g/mol. The van der Waals surface area contributed by atoms with Crippen molar-refractivity contribution in [1.29, 1.82) is 0 Å². The third-order valence-corrected chi connectivity index (χ3v) is 6.97. The Morgan fingerprint density at radius 1 is 1.03 bits per heavy atom. The number of alkyl halides is 3. The van der Waals surface area contributed by atoms with Gasteiger partial charge in [0.1, 0.15) is 0 Å². The van der Waals surface area contributed by atoms with Crippen molar-refractivity contribution < 1.29 is 22.7 Å². The molecular weight excluding hydrogens is 429 g/mol. The maximum atomic E-state index is 13.0. The van der Waals surface area contributed by atoms with Crippen molar-refractivity contribution in [1.82, 2.24) is 10.2 Å². The molecular formula is C26H39F3N2O2. The van der Waals surface area contributed by atoms with Gasteiger partial charge in [0.25, 0.3) is 0 Å². The fourth-order valence-electron chi connectivity index (χ4n) is 5.22. The van der Waals surface area contributed by atoms with Crippen molar-refractivity contribution in [2.45, 2.75) is 89.4 Å². The Balaban J connectivity index is 0.000000968. The minimum absolute atomic E-state index is 0.0763. The van der Waals surface area contributed by atoms with Crippen LogP contribution in [0.1, 0.15) is 82.3 Å². The number of carbonyl (C=O) groups is 1. The molecule has 2 aliphatic heterocycles. The van der Waals surface area contributed by atoms with Gasteiger partial charge >= 0.3 is 6.18 Å². The van der Waals surface area contributed by atoms with Crippen LogP contribution in [0.2, 0.25) is 0 Å². The van der Waals surface area contributed by atoms with Crippen LogP contribution in [0.4, 0.5) is 13.2 Å². The van der Waals surface area contributed by atoms with Gasteiger partial charge in [0.15, 0.2) is 0 Å². The summed E-state index contributed by atoms with van der Waals surface area (Å²) in [6, 6.07) is 6.56. The van der Waals surface area contributed by atoms with E-state index >= 15 is 0 Å². The first-order chi connectivity index (χ1) is 15.8. The summed E-state index contributed by atoms with van der Waals surface area (Å²) < 4.78 is 44.4. The Hall–Kier alpha value is -1.60. The van der Waals surface area contributed by atoms with E-state index in [1.165, 1.54) is 18.6 Å². The van der Waals surface area contributed by atoms with Crippen molar-refractivity contribution >= 4 is 5.91 Å². The topological polar surface area (TPSA) is 41.6 Å². The van der Waals surface area contributed by atoms with E-state index in [1.807, 2.05) is 4.90 Å². The van der Waals surface area contributed by atoms with Crippen LogP contribution in [0.5, 0.6) is 0 Å². The highest BCUT2D eigenvalue weighted by molar-refractivity contribution is 5.79. The highest BCUT2D eigenvalue weighted by Gasteiger charge is 2.36. The van der Waals surface area contributed by atoms with E-state index in [1.54, 1.807) is 6.07 Å². The lowest BCUT2D eigenvalue weighted by atomic mass is 9.88. The van der Waals surface area contributed by atoms with Crippen LogP contribution in [-0.4, -0.2) is 49.2 Å². The van der Waals surface area contributed by atoms with E-state index in [9.17, 15) is 18.0 Å². The van der Waals surface area contributed by atoms with Crippen LogP contribution in [-0.2, 0) is 15.7 Å². The number of halogens is 3. The molecule has 1 amide bonds. The highest BCUT2D eigenvalue weighted by atomic mass is 19.4. The zero-order valence-corrected chi connectivity index (χ0v) is 20.0. The largest absolute Gasteiger partial charge is 0.416 e. The number of ether oxygens (including phenoxy) is 1. The number of carbonyl (C=O) groups excluding carboxylic acids is 1. The van der Waals surface area contributed by atoms with Crippen LogP contribution in [0, 0.1) is 5.92 Å². The Labute approximate surface area is 196 Å². The normalized spacial score (nSPS) is 24.9. The average Bonchev–Trinajstić information content (AvgIpc) is 3.28. The smallest absolute Gasteiger partial charge is 0.381 e. The van der Waals surface area contributed by atoms with Crippen molar-refractivity contribution in [3.05, 3.63) is 35.4 Å². The number of amides is 1. The number of piperidine rings is 1. The Morgan fingerprint density at radius 3 is 2.33 bits per heavy atom. The first-order valence-corrected chi connectivity index (χ1v) is 12.6. The van der Waals surface area contributed by atoms with Gasteiger partial charge in [-0.15, -0.1) is 0 Å². The summed E-state index contributed by atoms with van der Waals surface area (Å²) in [5.41, 5.74) is 0.144. The molecule has 4 rings (SSSR count). The van der Waals surface area contributed by atoms with Gasteiger partial charge in [-0.3, -0.25) is 4.79 Å². The molecule has 7 heteroatoms. The number of nitrogens with zero attached hydrogens (tertiary/aromatic N) is 1. The molecule has 1 aromatic carbocycles. The molecule has 1 saturated carbocycles. The minimum atomic E-state index is -4.32. The second-order valence-corrected chi connectivity index (χ2v) is 9.69. The molecule has 0 bridgehead atoms. The van der Waals surface area contributed by atoms with Gasteiger partial charge in [0.2, 0.25) is 5.91 Å². The van der Waals surface area contributed by atoms with E-state index in [-0.39, 0.29) is 17.7 Å². The molecule has 3 aliphatic rings. The summed E-state index contributed by atoms with van der Waals surface area (Å²) in [6.45, 7) is 7.14. The quantitative estimate of drug-likeness (QED) is 0.610. The van der Waals surface area contributed by atoms with Crippen LogP contribution < -0.4 is 5.32 Å². The van der Waals surface area contributed by atoms with Crippen molar-refractivity contribution in [3.8, 4) is 0 Å². The van der Waals surface area contributed by atoms with E-state index in [0.717, 1.165) is 69.8 Å². The molecule has 1 aromatic rings. The Morgan fingerprint density at radius 2 is 1.70 bits per heavy atom. The fraction of sp³-hybridized carbons (Fsp3) is 0.731. The summed E-state index contributed by atoms with van der Waals surface area (Å²) in [6.07, 6.45) is 3.32. The lowest BCUT2D eigenvalue weighted by Crippen LogP contribution is -2.42. The summed E-state index contributed by atoms with van der Waals surface area (Å²) in [4.78, 5) is 14.9. The SMILES string of the molecule is CCC.O=C(C1CCC(NC2CCOCC2)C1)N1CCC(c2cccc(C(F)(F)F)c2)CC1. The lowest BCUT2D eigenvalue weighted by Gasteiger charge is -2.34. The van der Waals surface area contributed by atoms with Crippen molar-refractivity contribution in [2.24, 2.45) is 5.92 Å². The maximum absolute atomic E-state index is 13.0. The summed E-state index contributed by atoms with van der Waals surface area (Å²) in [5.74, 6) is 0.393. The molecule has 33 heavy (non-hydrogen) atoms. The van der Waals surface area contributed by atoms with Gasteiger partial charge in [-0.05, 0) is 62.5 Å². The Kier molecular flexibility index (Phi) is 9.62. The summed E-state index contributed by atoms with van der Waals surface area (Å²) in [5, 5.41) is 3.71.